The molecule has 24 heavy (non-hydrogen) atoms. The van der Waals surface area contributed by atoms with Crippen LogP contribution in [0, 0.1) is 0 Å². The highest BCUT2D eigenvalue weighted by Gasteiger charge is 2.19. The summed E-state index contributed by atoms with van der Waals surface area (Å²) in [5.41, 5.74) is 7.89. The molecule has 3 aromatic heterocycles. The molecule has 7 nitrogen and oxygen atoms in total. The highest BCUT2D eigenvalue weighted by Crippen LogP contribution is 2.33. The lowest BCUT2D eigenvalue weighted by Crippen LogP contribution is -2.37. The number of hydrogen-bond acceptors (Lipinski definition) is 9. The van der Waals surface area contributed by atoms with Gasteiger partial charge in [-0.05, 0) is 18.4 Å². The van der Waals surface area contributed by atoms with E-state index in [1.165, 1.54) is 4.21 Å². The molecule has 0 aromatic carbocycles. The predicted molar refractivity (Wildman–Crippen MR) is 97.7 cm³/mol. The number of thioether (sulfide) groups is 1. The Hall–Kier alpha value is -1.97. The molecular formula is C15H16N6OS2. The lowest BCUT2D eigenvalue weighted by atomic mass is 10.3. The van der Waals surface area contributed by atoms with Gasteiger partial charge in [-0.25, -0.2) is 9.97 Å². The van der Waals surface area contributed by atoms with Crippen LogP contribution in [-0.2, 0) is 4.74 Å². The molecule has 0 radical (unpaired) electrons. The normalized spacial score (nSPS) is 15.1. The number of aromatic nitrogens is 4. The zero-order valence-electron chi connectivity index (χ0n) is 13.1. The Balaban J connectivity index is 1.83. The van der Waals surface area contributed by atoms with Crippen LogP contribution >= 0.6 is 23.1 Å². The standard InChI is InChI=1S/C15H16N6OS2/c1-23-11-3-2-10(24-11)9-8-17-13-12(18-9)14(20-15(16)19-13)21-4-6-22-7-5-21/h2-3,8H,4-7H2,1H3,(H2,16,17,19,20). The molecule has 9 heteroatoms. The van der Waals surface area contributed by atoms with Gasteiger partial charge in [-0.15, -0.1) is 23.1 Å². The first-order valence-electron chi connectivity index (χ1n) is 7.52. The van der Waals surface area contributed by atoms with Crippen LogP contribution < -0.4 is 10.6 Å². The molecule has 1 saturated heterocycles. The smallest absolute Gasteiger partial charge is 0.224 e. The summed E-state index contributed by atoms with van der Waals surface area (Å²) in [6.07, 6.45) is 3.81. The zero-order valence-corrected chi connectivity index (χ0v) is 14.7. The molecule has 0 bridgehead atoms. The van der Waals surface area contributed by atoms with E-state index in [1.54, 1.807) is 29.3 Å². The van der Waals surface area contributed by atoms with Crippen molar-refractivity contribution in [1.29, 1.82) is 0 Å². The first-order chi connectivity index (χ1) is 11.7. The van der Waals surface area contributed by atoms with Crippen LogP contribution in [0.2, 0.25) is 0 Å². The maximum Gasteiger partial charge on any atom is 0.224 e. The molecule has 0 spiro atoms. The quantitative estimate of drug-likeness (QED) is 0.712. The molecule has 0 amide bonds. The van der Waals surface area contributed by atoms with Crippen molar-refractivity contribution in [2.24, 2.45) is 0 Å². The van der Waals surface area contributed by atoms with Gasteiger partial charge in [0.1, 0.15) is 0 Å². The maximum absolute atomic E-state index is 5.85. The number of fused-ring (bicyclic) bond motifs is 1. The Bertz CT molecular complexity index is 878. The van der Waals surface area contributed by atoms with E-state index in [4.69, 9.17) is 15.5 Å². The van der Waals surface area contributed by atoms with Gasteiger partial charge in [-0.1, -0.05) is 0 Å². The molecule has 0 saturated carbocycles. The minimum absolute atomic E-state index is 0.215. The van der Waals surface area contributed by atoms with Crippen molar-refractivity contribution in [3.05, 3.63) is 18.3 Å². The molecular weight excluding hydrogens is 344 g/mol. The molecule has 1 aliphatic rings. The van der Waals surface area contributed by atoms with Crippen LogP contribution in [0.4, 0.5) is 11.8 Å². The molecule has 0 atom stereocenters. The van der Waals surface area contributed by atoms with Gasteiger partial charge in [0.05, 0.1) is 34.2 Å². The van der Waals surface area contributed by atoms with Crippen LogP contribution in [0.1, 0.15) is 0 Å². The van der Waals surface area contributed by atoms with Crippen molar-refractivity contribution in [2.45, 2.75) is 4.21 Å². The first kappa shape index (κ1) is 15.6. The summed E-state index contributed by atoms with van der Waals surface area (Å²) < 4.78 is 6.66. The topological polar surface area (TPSA) is 90.0 Å². The minimum atomic E-state index is 0.215. The van der Waals surface area contributed by atoms with E-state index < -0.39 is 0 Å². The number of rotatable bonds is 3. The van der Waals surface area contributed by atoms with Crippen molar-refractivity contribution in [3.63, 3.8) is 0 Å². The summed E-state index contributed by atoms with van der Waals surface area (Å²) in [7, 11) is 0. The fourth-order valence-corrected chi connectivity index (χ4v) is 4.09. The third-order valence-corrected chi connectivity index (χ3v) is 5.94. The highest BCUT2D eigenvalue weighted by molar-refractivity contribution is 8.00. The molecule has 1 aliphatic heterocycles. The van der Waals surface area contributed by atoms with Crippen LogP contribution in [-0.4, -0.2) is 52.5 Å². The van der Waals surface area contributed by atoms with Gasteiger partial charge < -0.3 is 15.4 Å². The molecule has 3 aromatic rings. The van der Waals surface area contributed by atoms with Gasteiger partial charge in [0.2, 0.25) is 5.95 Å². The number of hydrogen-bond donors (Lipinski definition) is 1. The van der Waals surface area contributed by atoms with Crippen LogP contribution in [0.25, 0.3) is 21.7 Å². The van der Waals surface area contributed by atoms with Crippen molar-refractivity contribution in [1.82, 2.24) is 19.9 Å². The summed E-state index contributed by atoms with van der Waals surface area (Å²) in [4.78, 5) is 21.1. The monoisotopic (exact) mass is 360 g/mol. The van der Waals surface area contributed by atoms with E-state index in [0.717, 1.165) is 29.5 Å². The number of nitrogens with zero attached hydrogens (tertiary/aromatic N) is 5. The third-order valence-electron chi connectivity index (χ3n) is 3.75. The molecule has 4 heterocycles. The maximum atomic E-state index is 5.85. The molecule has 1 fully saturated rings. The fourth-order valence-electron chi connectivity index (χ4n) is 2.59. The average molecular weight is 360 g/mol. The predicted octanol–water partition coefficient (Wildman–Crippen LogP) is 2.29. The second-order valence-corrected chi connectivity index (χ2v) is 7.45. The number of ether oxygens (including phenoxy) is 1. The second-order valence-electron chi connectivity index (χ2n) is 5.26. The van der Waals surface area contributed by atoms with E-state index in [1.807, 2.05) is 0 Å². The van der Waals surface area contributed by atoms with E-state index >= 15 is 0 Å². The van der Waals surface area contributed by atoms with Gasteiger partial charge in [-0.2, -0.15) is 9.97 Å². The van der Waals surface area contributed by atoms with Crippen molar-refractivity contribution in [3.8, 4) is 10.6 Å². The molecule has 0 unspecified atom stereocenters. The van der Waals surface area contributed by atoms with Crippen molar-refractivity contribution in [2.75, 3.05) is 43.2 Å². The summed E-state index contributed by atoms with van der Waals surface area (Å²) in [5.74, 6) is 0.948. The van der Waals surface area contributed by atoms with E-state index in [0.29, 0.717) is 24.4 Å². The van der Waals surface area contributed by atoms with Crippen LogP contribution in [0.5, 0.6) is 0 Å². The van der Waals surface area contributed by atoms with Gasteiger partial charge in [0, 0.05) is 13.1 Å². The Kier molecular flexibility index (Phi) is 4.21. The lowest BCUT2D eigenvalue weighted by molar-refractivity contribution is 0.122. The van der Waals surface area contributed by atoms with E-state index in [-0.39, 0.29) is 5.95 Å². The third kappa shape index (κ3) is 2.90. The molecule has 2 N–H and O–H groups in total. The minimum Gasteiger partial charge on any atom is -0.378 e. The Morgan fingerprint density at radius 3 is 2.79 bits per heavy atom. The Morgan fingerprint density at radius 2 is 2.04 bits per heavy atom. The van der Waals surface area contributed by atoms with Gasteiger partial charge in [-0.3, -0.25) is 0 Å². The summed E-state index contributed by atoms with van der Waals surface area (Å²) in [6.45, 7) is 2.85. The van der Waals surface area contributed by atoms with Gasteiger partial charge in [0.15, 0.2) is 17.0 Å². The SMILES string of the molecule is CSc1ccc(-c2cnc3nc(N)nc(N4CCOCC4)c3n2)s1. The van der Waals surface area contributed by atoms with Crippen molar-refractivity contribution >= 4 is 46.0 Å². The van der Waals surface area contributed by atoms with E-state index in [2.05, 4.69) is 38.2 Å². The lowest BCUT2D eigenvalue weighted by Gasteiger charge is -2.28. The van der Waals surface area contributed by atoms with Crippen LogP contribution in [0.15, 0.2) is 22.5 Å². The molecule has 0 aliphatic carbocycles. The van der Waals surface area contributed by atoms with Crippen molar-refractivity contribution < 1.29 is 4.74 Å². The summed E-state index contributed by atoms with van der Waals surface area (Å²) in [6, 6.07) is 4.16. The van der Waals surface area contributed by atoms with Gasteiger partial charge >= 0.3 is 0 Å². The fraction of sp³-hybridized carbons (Fsp3) is 0.333. The van der Waals surface area contributed by atoms with E-state index in [9.17, 15) is 0 Å². The molecule has 4 rings (SSSR count). The Labute approximate surface area is 147 Å². The average Bonchev–Trinajstić information content (AvgIpc) is 3.10. The molecule has 124 valence electrons. The largest absolute Gasteiger partial charge is 0.378 e. The Morgan fingerprint density at radius 1 is 1.21 bits per heavy atom. The number of morpholine rings is 1. The van der Waals surface area contributed by atoms with Gasteiger partial charge in [0.25, 0.3) is 0 Å². The number of nitrogens with two attached hydrogens (primary N) is 1. The summed E-state index contributed by atoms with van der Waals surface area (Å²) >= 11 is 3.42. The summed E-state index contributed by atoms with van der Waals surface area (Å²) in [5, 5.41) is 0. The number of anilines is 2. The second kappa shape index (κ2) is 6.50. The first-order valence-corrected chi connectivity index (χ1v) is 9.56. The number of nitrogen functional groups attached to an aromatic ring is 1. The van der Waals surface area contributed by atoms with Crippen LogP contribution in [0.3, 0.4) is 0 Å². The highest BCUT2D eigenvalue weighted by atomic mass is 32.2. The number of thiophene rings is 1. The zero-order chi connectivity index (χ0) is 16.5.